The van der Waals surface area contributed by atoms with Gasteiger partial charge in [-0.15, -0.1) is 0 Å². The lowest BCUT2D eigenvalue weighted by atomic mass is 10.2. The van der Waals surface area contributed by atoms with Crippen LogP contribution < -0.4 is 0 Å². The fraction of sp³-hybridized carbons (Fsp3) is 0.118. The normalized spacial score (nSPS) is 11.1. The van der Waals surface area contributed by atoms with Crippen molar-refractivity contribution >= 4 is 0 Å². The average molecular weight is 320 g/mol. The molecule has 24 heavy (non-hydrogen) atoms. The molecular weight excluding hydrogens is 307 g/mol. The minimum Gasteiger partial charge on any atom is -0.264 e. The first-order valence-corrected chi connectivity index (χ1v) is 7.43. The first-order chi connectivity index (χ1) is 11.7. The van der Waals surface area contributed by atoms with E-state index in [0.717, 1.165) is 11.4 Å². The van der Waals surface area contributed by atoms with Crippen molar-refractivity contribution in [2.75, 3.05) is 0 Å². The molecule has 6 nitrogen and oxygen atoms in total. The van der Waals surface area contributed by atoms with E-state index >= 15 is 0 Å². The van der Waals surface area contributed by atoms with Gasteiger partial charge in [-0.3, -0.25) is 4.68 Å². The number of hydrogen-bond acceptors (Lipinski definition) is 5. The largest absolute Gasteiger partial charge is 0.264 e. The number of rotatable bonds is 3. The summed E-state index contributed by atoms with van der Waals surface area (Å²) in [4.78, 5) is 8.76. The van der Waals surface area contributed by atoms with Crippen LogP contribution >= 0.6 is 0 Å². The van der Waals surface area contributed by atoms with E-state index in [9.17, 15) is 4.39 Å². The minimum atomic E-state index is -0.344. The summed E-state index contributed by atoms with van der Waals surface area (Å²) in [5.41, 5.74) is 3.32. The second-order valence-electron chi connectivity index (χ2n) is 5.43. The Morgan fingerprint density at radius 2 is 1.83 bits per heavy atom. The quantitative estimate of drug-likeness (QED) is 0.580. The summed E-state index contributed by atoms with van der Waals surface area (Å²) < 4.78 is 15.6. The van der Waals surface area contributed by atoms with Crippen molar-refractivity contribution < 1.29 is 4.39 Å². The molecule has 1 aromatic carbocycles. The maximum atomic E-state index is 13.9. The van der Waals surface area contributed by atoms with Crippen LogP contribution in [0.1, 0.15) is 11.4 Å². The molecule has 118 valence electrons. The van der Waals surface area contributed by atoms with Crippen LogP contribution in [-0.4, -0.2) is 29.9 Å². The van der Waals surface area contributed by atoms with Crippen LogP contribution in [0.15, 0.2) is 48.8 Å². The van der Waals surface area contributed by atoms with E-state index in [1.165, 1.54) is 6.07 Å². The number of hydrogen-bond donors (Lipinski definition) is 0. The number of benzene rings is 1. The molecule has 0 radical (unpaired) electrons. The van der Waals surface area contributed by atoms with Gasteiger partial charge in [-0.2, -0.15) is 15.3 Å². The lowest BCUT2D eigenvalue weighted by Crippen LogP contribution is -2.07. The summed E-state index contributed by atoms with van der Waals surface area (Å²) in [5.74, 6) is 0.0151. The van der Waals surface area contributed by atoms with E-state index in [0.29, 0.717) is 29.3 Å². The third-order valence-electron chi connectivity index (χ3n) is 3.61. The van der Waals surface area contributed by atoms with Crippen LogP contribution in [0.5, 0.6) is 0 Å². The standard InChI is InChI=1S/C17H13FN6/c1-11-6-7-12(23-22-11)9-24-10-16-15(8-19-24)20-17(21-16)13-4-2-3-5-14(13)18/h2-8,10H,9H2,1H3. The summed E-state index contributed by atoms with van der Waals surface area (Å²) in [6.07, 6.45) is 3.39. The molecule has 0 amide bonds. The summed E-state index contributed by atoms with van der Waals surface area (Å²) in [7, 11) is 0. The molecule has 2 aromatic rings. The summed E-state index contributed by atoms with van der Waals surface area (Å²) in [6.45, 7) is 2.36. The van der Waals surface area contributed by atoms with Gasteiger partial charge in [-0.25, -0.2) is 14.4 Å². The van der Waals surface area contributed by atoms with E-state index in [4.69, 9.17) is 0 Å². The SMILES string of the molecule is Cc1ccc(Cn2cc3nc(-c4ccccc4F)nc-3cn2)nn1. The van der Waals surface area contributed by atoms with Gasteiger partial charge in [0.25, 0.3) is 0 Å². The van der Waals surface area contributed by atoms with Crippen molar-refractivity contribution in [2.45, 2.75) is 13.5 Å². The van der Waals surface area contributed by atoms with Crippen LogP contribution in [0.3, 0.4) is 0 Å². The lowest BCUT2D eigenvalue weighted by Gasteiger charge is -2.05. The predicted octanol–water partition coefficient (Wildman–Crippen LogP) is 2.73. The van der Waals surface area contributed by atoms with E-state index in [1.54, 1.807) is 35.3 Å². The van der Waals surface area contributed by atoms with E-state index in [-0.39, 0.29) is 5.82 Å². The molecule has 0 N–H and O–H groups in total. The lowest BCUT2D eigenvalue weighted by molar-refractivity contribution is 0.630. The third-order valence-corrected chi connectivity index (χ3v) is 3.61. The van der Waals surface area contributed by atoms with Gasteiger partial charge in [-0.05, 0) is 31.2 Å². The second-order valence-corrected chi connectivity index (χ2v) is 5.43. The van der Waals surface area contributed by atoms with Gasteiger partial charge in [0.15, 0.2) is 5.82 Å². The molecule has 0 saturated heterocycles. The van der Waals surface area contributed by atoms with E-state index in [1.807, 2.05) is 19.1 Å². The van der Waals surface area contributed by atoms with Crippen molar-refractivity contribution in [3.8, 4) is 22.8 Å². The zero-order chi connectivity index (χ0) is 16.5. The van der Waals surface area contributed by atoms with E-state index in [2.05, 4.69) is 25.3 Å². The van der Waals surface area contributed by atoms with Gasteiger partial charge >= 0.3 is 0 Å². The number of imidazole rings is 1. The fourth-order valence-corrected chi connectivity index (χ4v) is 2.39. The van der Waals surface area contributed by atoms with Crippen molar-refractivity contribution in [3.63, 3.8) is 0 Å². The molecule has 1 aromatic heterocycles. The first-order valence-electron chi connectivity index (χ1n) is 7.43. The van der Waals surface area contributed by atoms with Crippen LogP contribution in [0.2, 0.25) is 0 Å². The zero-order valence-electron chi connectivity index (χ0n) is 12.9. The second kappa shape index (κ2) is 5.77. The van der Waals surface area contributed by atoms with Crippen LogP contribution in [0.4, 0.5) is 4.39 Å². The fourth-order valence-electron chi connectivity index (χ4n) is 2.39. The Balaban J connectivity index is 1.68. The Hall–Kier alpha value is -3.22. The monoisotopic (exact) mass is 320 g/mol. The molecule has 0 unspecified atom stereocenters. The molecular formula is C17H13FN6. The molecule has 0 aliphatic carbocycles. The van der Waals surface area contributed by atoms with Gasteiger partial charge in [0.05, 0.1) is 35.9 Å². The predicted molar refractivity (Wildman–Crippen MR) is 85.7 cm³/mol. The highest BCUT2D eigenvalue weighted by atomic mass is 19.1. The first kappa shape index (κ1) is 14.4. The van der Waals surface area contributed by atoms with Crippen molar-refractivity contribution in [1.29, 1.82) is 0 Å². The number of nitrogens with zero attached hydrogens (tertiary/aromatic N) is 6. The van der Waals surface area contributed by atoms with Gasteiger partial charge in [0, 0.05) is 0 Å². The Labute approximate surface area is 137 Å². The molecule has 4 rings (SSSR count). The Bertz CT molecular complexity index is 963. The van der Waals surface area contributed by atoms with Gasteiger partial charge in [0.2, 0.25) is 0 Å². The van der Waals surface area contributed by atoms with E-state index < -0.39 is 0 Å². The molecule has 0 bridgehead atoms. The Morgan fingerprint density at radius 1 is 1.00 bits per heavy atom. The molecule has 0 fully saturated rings. The summed E-state index contributed by atoms with van der Waals surface area (Å²) in [5, 5.41) is 12.5. The highest BCUT2D eigenvalue weighted by Crippen LogP contribution is 2.25. The highest BCUT2D eigenvalue weighted by Gasteiger charge is 2.15. The van der Waals surface area contributed by atoms with Crippen LogP contribution in [0.25, 0.3) is 22.8 Å². The minimum absolute atomic E-state index is 0.344. The zero-order valence-corrected chi connectivity index (χ0v) is 12.9. The Morgan fingerprint density at radius 3 is 2.62 bits per heavy atom. The molecule has 0 atom stereocenters. The number of aromatic nitrogens is 6. The van der Waals surface area contributed by atoms with Crippen molar-refractivity contribution in [2.24, 2.45) is 0 Å². The molecule has 0 spiro atoms. The third kappa shape index (κ3) is 2.71. The number of aryl methyl sites for hydroxylation is 1. The number of fused-ring (bicyclic) bond motifs is 1. The van der Waals surface area contributed by atoms with Crippen LogP contribution in [0, 0.1) is 12.7 Å². The summed E-state index contributed by atoms with van der Waals surface area (Å²) in [6, 6.07) is 10.3. The molecule has 3 heterocycles. The van der Waals surface area contributed by atoms with Crippen molar-refractivity contribution in [1.82, 2.24) is 29.9 Å². The Kier molecular flexibility index (Phi) is 3.45. The number of halogens is 1. The highest BCUT2D eigenvalue weighted by molar-refractivity contribution is 5.65. The van der Waals surface area contributed by atoms with Crippen LogP contribution in [-0.2, 0) is 6.54 Å². The van der Waals surface area contributed by atoms with Gasteiger partial charge in [0.1, 0.15) is 17.2 Å². The molecule has 0 saturated carbocycles. The maximum Gasteiger partial charge on any atom is 0.163 e. The average Bonchev–Trinajstić information content (AvgIpc) is 3.00. The molecule has 2 aliphatic rings. The summed E-state index contributed by atoms with van der Waals surface area (Å²) >= 11 is 0. The maximum absolute atomic E-state index is 13.9. The topological polar surface area (TPSA) is 69.4 Å². The van der Waals surface area contributed by atoms with Gasteiger partial charge in [-0.1, -0.05) is 12.1 Å². The van der Waals surface area contributed by atoms with Gasteiger partial charge < -0.3 is 0 Å². The molecule has 2 aliphatic heterocycles. The smallest absolute Gasteiger partial charge is 0.163 e. The molecule has 7 heteroatoms. The van der Waals surface area contributed by atoms with Crippen molar-refractivity contribution in [3.05, 3.63) is 66.0 Å².